The van der Waals surface area contributed by atoms with E-state index >= 15 is 0 Å². The van der Waals surface area contributed by atoms with Crippen molar-refractivity contribution in [3.8, 4) is 0 Å². The third-order valence-corrected chi connectivity index (χ3v) is 1.56. The second-order valence-corrected chi connectivity index (χ2v) is 2.54. The molecule has 0 radical (unpaired) electrons. The van der Waals surface area contributed by atoms with Crippen LogP contribution >= 0.6 is 0 Å². The van der Waals surface area contributed by atoms with Crippen LogP contribution in [0.1, 0.15) is 13.8 Å². The highest BCUT2D eigenvalue weighted by atomic mass is 19.3. The second-order valence-electron chi connectivity index (χ2n) is 2.54. The SMILES string of the molecule is CCOC(=O)C(F)(F)C(=O)C(C)OC. The highest BCUT2D eigenvalue weighted by Crippen LogP contribution is 2.19. The van der Waals surface area contributed by atoms with Crippen molar-refractivity contribution in [2.45, 2.75) is 25.9 Å². The van der Waals surface area contributed by atoms with Crippen molar-refractivity contribution in [2.75, 3.05) is 13.7 Å². The molecule has 0 spiro atoms. The predicted molar refractivity (Wildman–Crippen MR) is 43.1 cm³/mol. The number of rotatable bonds is 5. The number of Topliss-reactive ketones (excluding diaryl/α,β-unsaturated/α-hetero) is 1. The Labute approximate surface area is 80.2 Å². The van der Waals surface area contributed by atoms with E-state index in [-0.39, 0.29) is 6.61 Å². The minimum Gasteiger partial charge on any atom is -0.461 e. The van der Waals surface area contributed by atoms with Crippen molar-refractivity contribution < 1.29 is 27.8 Å². The molecule has 0 aliphatic carbocycles. The number of halogens is 2. The Balaban J connectivity index is 4.60. The van der Waals surface area contributed by atoms with Gasteiger partial charge in [0.25, 0.3) is 0 Å². The van der Waals surface area contributed by atoms with Gasteiger partial charge in [0.2, 0.25) is 5.78 Å². The summed E-state index contributed by atoms with van der Waals surface area (Å²) in [6, 6.07) is 0. The van der Waals surface area contributed by atoms with Crippen molar-refractivity contribution in [1.29, 1.82) is 0 Å². The molecule has 0 rings (SSSR count). The summed E-state index contributed by atoms with van der Waals surface area (Å²) < 4.78 is 34.3. The number of ether oxygens (including phenoxy) is 2. The maximum Gasteiger partial charge on any atom is 0.402 e. The molecule has 4 nitrogen and oxygen atoms in total. The monoisotopic (exact) mass is 210 g/mol. The van der Waals surface area contributed by atoms with Gasteiger partial charge < -0.3 is 9.47 Å². The van der Waals surface area contributed by atoms with Crippen LogP contribution in [-0.2, 0) is 19.1 Å². The fourth-order valence-electron chi connectivity index (χ4n) is 0.685. The maximum absolute atomic E-state index is 12.9. The molecule has 0 aromatic heterocycles. The zero-order valence-electron chi connectivity index (χ0n) is 8.17. The van der Waals surface area contributed by atoms with Gasteiger partial charge in [0.05, 0.1) is 6.61 Å². The fourth-order valence-corrected chi connectivity index (χ4v) is 0.685. The van der Waals surface area contributed by atoms with E-state index in [0.717, 1.165) is 14.0 Å². The van der Waals surface area contributed by atoms with E-state index in [4.69, 9.17) is 0 Å². The van der Waals surface area contributed by atoms with Gasteiger partial charge in [-0.05, 0) is 13.8 Å². The Morgan fingerprint density at radius 1 is 1.43 bits per heavy atom. The van der Waals surface area contributed by atoms with E-state index in [1.807, 2.05) is 0 Å². The minimum absolute atomic E-state index is 0.205. The number of alkyl halides is 2. The first-order valence-electron chi connectivity index (χ1n) is 4.00. The summed E-state index contributed by atoms with van der Waals surface area (Å²) in [6.07, 6.45) is -1.34. The maximum atomic E-state index is 12.9. The van der Waals surface area contributed by atoms with Crippen LogP contribution in [0.25, 0.3) is 0 Å². The van der Waals surface area contributed by atoms with Gasteiger partial charge in [-0.3, -0.25) is 4.79 Å². The quantitative estimate of drug-likeness (QED) is 0.497. The summed E-state index contributed by atoms with van der Waals surface area (Å²) in [7, 11) is 1.10. The van der Waals surface area contributed by atoms with Crippen LogP contribution in [0.3, 0.4) is 0 Å². The molecule has 0 aromatic carbocycles. The Morgan fingerprint density at radius 2 is 1.93 bits per heavy atom. The summed E-state index contributed by atoms with van der Waals surface area (Å²) in [4.78, 5) is 21.6. The highest BCUT2D eigenvalue weighted by Gasteiger charge is 2.50. The van der Waals surface area contributed by atoms with Gasteiger partial charge in [-0.1, -0.05) is 0 Å². The lowest BCUT2D eigenvalue weighted by molar-refractivity contribution is -0.180. The lowest BCUT2D eigenvalue weighted by atomic mass is 10.1. The smallest absolute Gasteiger partial charge is 0.402 e. The summed E-state index contributed by atoms with van der Waals surface area (Å²) in [5.41, 5.74) is 0. The second kappa shape index (κ2) is 4.99. The molecular weight excluding hydrogens is 198 g/mol. The first kappa shape index (κ1) is 13.0. The zero-order valence-corrected chi connectivity index (χ0v) is 8.17. The third kappa shape index (κ3) is 2.73. The topological polar surface area (TPSA) is 52.6 Å². The van der Waals surface area contributed by atoms with E-state index in [9.17, 15) is 18.4 Å². The number of hydrogen-bond acceptors (Lipinski definition) is 4. The van der Waals surface area contributed by atoms with Crippen LogP contribution in [0.2, 0.25) is 0 Å². The normalized spacial score (nSPS) is 13.5. The van der Waals surface area contributed by atoms with Crippen LogP contribution < -0.4 is 0 Å². The molecule has 0 saturated heterocycles. The lowest BCUT2D eigenvalue weighted by Gasteiger charge is -2.16. The molecule has 0 aromatic rings. The van der Waals surface area contributed by atoms with Crippen LogP contribution in [0.4, 0.5) is 8.78 Å². The van der Waals surface area contributed by atoms with Crippen molar-refractivity contribution in [2.24, 2.45) is 0 Å². The molecular formula is C8H12F2O4. The van der Waals surface area contributed by atoms with Gasteiger partial charge in [-0.15, -0.1) is 0 Å². The number of esters is 1. The summed E-state index contributed by atoms with van der Waals surface area (Å²) >= 11 is 0. The van der Waals surface area contributed by atoms with Crippen molar-refractivity contribution in [3.05, 3.63) is 0 Å². The number of hydrogen-bond donors (Lipinski definition) is 0. The van der Waals surface area contributed by atoms with Gasteiger partial charge in [-0.2, -0.15) is 8.78 Å². The van der Waals surface area contributed by atoms with Crippen molar-refractivity contribution in [3.63, 3.8) is 0 Å². The first-order chi connectivity index (χ1) is 6.37. The Hall–Kier alpha value is -1.04. The fraction of sp³-hybridized carbons (Fsp3) is 0.750. The van der Waals surface area contributed by atoms with E-state index in [1.165, 1.54) is 6.92 Å². The van der Waals surface area contributed by atoms with Crippen LogP contribution in [0.5, 0.6) is 0 Å². The molecule has 0 amide bonds. The Morgan fingerprint density at radius 3 is 2.29 bits per heavy atom. The first-order valence-corrected chi connectivity index (χ1v) is 4.00. The van der Waals surface area contributed by atoms with E-state index in [1.54, 1.807) is 0 Å². The standard InChI is InChI=1S/C8H12F2O4/c1-4-14-7(12)8(9,10)6(11)5(2)13-3/h5H,4H2,1-3H3. The van der Waals surface area contributed by atoms with Gasteiger partial charge in [0.15, 0.2) is 0 Å². The number of methoxy groups -OCH3 is 1. The van der Waals surface area contributed by atoms with Gasteiger partial charge in [-0.25, -0.2) is 4.79 Å². The van der Waals surface area contributed by atoms with E-state index in [2.05, 4.69) is 9.47 Å². The Bertz CT molecular complexity index is 227. The van der Waals surface area contributed by atoms with E-state index in [0.29, 0.717) is 0 Å². The summed E-state index contributed by atoms with van der Waals surface area (Å²) in [5.74, 6) is -7.57. The molecule has 0 fully saturated rings. The molecule has 0 aliphatic heterocycles. The number of ketones is 1. The number of carbonyl (C=O) groups excluding carboxylic acids is 2. The van der Waals surface area contributed by atoms with Crippen LogP contribution in [-0.4, -0.2) is 37.5 Å². The molecule has 0 aliphatic rings. The average molecular weight is 210 g/mol. The largest absolute Gasteiger partial charge is 0.461 e. The Kier molecular flexibility index (Phi) is 4.62. The van der Waals surface area contributed by atoms with E-state index < -0.39 is 23.8 Å². The number of carbonyl (C=O) groups is 2. The van der Waals surface area contributed by atoms with Gasteiger partial charge >= 0.3 is 11.9 Å². The molecule has 1 unspecified atom stereocenters. The molecule has 6 heteroatoms. The lowest BCUT2D eigenvalue weighted by Crippen LogP contribution is -2.44. The molecule has 0 N–H and O–H groups in total. The molecule has 0 bridgehead atoms. The minimum atomic E-state index is -4.13. The summed E-state index contributed by atoms with van der Waals surface area (Å²) in [6.45, 7) is 2.30. The highest BCUT2D eigenvalue weighted by molar-refractivity contribution is 6.07. The van der Waals surface area contributed by atoms with Crippen LogP contribution in [0, 0.1) is 0 Å². The van der Waals surface area contributed by atoms with Gasteiger partial charge in [0.1, 0.15) is 6.10 Å². The average Bonchev–Trinajstić information content (AvgIpc) is 2.15. The predicted octanol–water partition coefficient (Wildman–Crippen LogP) is 0.789. The molecule has 0 heterocycles. The molecule has 0 saturated carbocycles. The third-order valence-electron chi connectivity index (χ3n) is 1.56. The van der Waals surface area contributed by atoms with Gasteiger partial charge in [0, 0.05) is 7.11 Å². The molecule has 1 atom stereocenters. The summed E-state index contributed by atoms with van der Waals surface area (Å²) in [5, 5.41) is 0. The van der Waals surface area contributed by atoms with Crippen molar-refractivity contribution >= 4 is 11.8 Å². The van der Waals surface area contributed by atoms with Crippen LogP contribution in [0.15, 0.2) is 0 Å². The van der Waals surface area contributed by atoms with Crippen molar-refractivity contribution in [1.82, 2.24) is 0 Å². The molecule has 14 heavy (non-hydrogen) atoms. The molecule has 82 valence electrons. The zero-order chi connectivity index (χ0) is 11.4.